The molecule has 4 nitrogen and oxygen atoms in total. The fourth-order valence-corrected chi connectivity index (χ4v) is 1.95. The maximum Gasteiger partial charge on any atom is 0.260 e. The summed E-state index contributed by atoms with van der Waals surface area (Å²) in [7, 11) is 0. The Morgan fingerprint density at radius 2 is 2.16 bits per heavy atom. The molecule has 1 aromatic heterocycles. The zero-order valence-electron chi connectivity index (χ0n) is 9.85. The largest absolute Gasteiger partial charge is 0.319 e. The molecular formula is C12H9ClFN3OS. The third kappa shape index (κ3) is 3.21. The highest BCUT2D eigenvalue weighted by molar-refractivity contribution is 7.98. The third-order valence-corrected chi connectivity index (χ3v) is 3.12. The Morgan fingerprint density at radius 3 is 2.79 bits per heavy atom. The Bertz CT molecular complexity index is 624. The van der Waals surface area contributed by atoms with Crippen molar-refractivity contribution in [3.05, 3.63) is 47.0 Å². The van der Waals surface area contributed by atoms with Gasteiger partial charge in [0.1, 0.15) is 11.0 Å². The minimum atomic E-state index is -0.553. The smallest absolute Gasteiger partial charge is 0.260 e. The fraction of sp³-hybridized carbons (Fsp3) is 0.0833. The molecule has 0 radical (unpaired) electrons. The highest BCUT2D eigenvalue weighted by Crippen LogP contribution is 2.19. The first-order valence-corrected chi connectivity index (χ1v) is 6.84. The highest BCUT2D eigenvalue weighted by atomic mass is 35.5. The summed E-state index contributed by atoms with van der Waals surface area (Å²) >= 11 is 7.20. The molecule has 0 saturated carbocycles. The van der Waals surface area contributed by atoms with Crippen molar-refractivity contribution >= 4 is 35.0 Å². The lowest BCUT2D eigenvalue weighted by Gasteiger charge is -2.07. The Balaban J connectivity index is 2.23. The minimum absolute atomic E-state index is 0.0354. The van der Waals surface area contributed by atoms with Crippen molar-refractivity contribution in [2.24, 2.45) is 0 Å². The molecule has 0 saturated heterocycles. The lowest BCUT2D eigenvalue weighted by molar-refractivity contribution is 0.102. The van der Waals surface area contributed by atoms with Crippen molar-refractivity contribution in [1.29, 1.82) is 0 Å². The van der Waals surface area contributed by atoms with E-state index in [0.717, 1.165) is 0 Å². The first-order chi connectivity index (χ1) is 9.11. The van der Waals surface area contributed by atoms with E-state index in [2.05, 4.69) is 15.3 Å². The van der Waals surface area contributed by atoms with Crippen LogP contribution < -0.4 is 5.32 Å². The van der Waals surface area contributed by atoms with Gasteiger partial charge in [-0.1, -0.05) is 35.5 Å². The fourth-order valence-electron chi connectivity index (χ4n) is 1.35. The predicted octanol–water partition coefficient (Wildman–Crippen LogP) is 3.24. The van der Waals surface area contributed by atoms with Crippen LogP contribution in [0.1, 0.15) is 10.4 Å². The topological polar surface area (TPSA) is 54.9 Å². The van der Waals surface area contributed by atoms with Crippen molar-refractivity contribution in [2.45, 2.75) is 5.16 Å². The van der Waals surface area contributed by atoms with Gasteiger partial charge >= 0.3 is 0 Å². The number of nitrogens with zero attached hydrogens (tertiary/aromatic N) is 2. The van der Waals surface area contributed by atoms with E-state index in [-0.39, 0.29) is 16.4 Å². The van der Waals surface area contributed by atoms with Crippen molar-refractivity contribution in [2.75, 3.05) is 11.6 Å². The van der Waals surface area contributed by atoms with Gasteiger partial charge in [-0.2, -0.15) is 0 Å². The number of aromatic nitrogens is 2. The number of thioether (sulfide) groups is 1. The quantitative estimate of drug-likeness (QED) is 0.537. The summed E-state index contributed by atoms with van der Waals surface area (Å²) in [6, 6.07) is 5.87. The van der Waals surface area contributed by atoms with Gasteiger partial charge in [-0.25, -0.2) is 14.4 Å². The van der Waals surface area contributed by atoms with Crippen molar-refractivity contribution < 1.29 is 9.18 Å². The average molecular weight is 298 g/mol. The number of hydrogen-bond acceptors (Lipinski definition) is 4. The zero-order valence-corrected chi connectivity index (χ0v) is 11.4. The second-order valence-corrected chi connectivity index (χ2v) is 4.63. The Morgan fingerprint density at radius 1 is 1.42 bits per heavy atom. The van der Waals surface area contributed by atoms with Crippen LogP contribution in [0.5, 0.6) is 0 Å². The molecule has 0 unspecified atom stereocenters. The molecule has 0 spiro atoms. The molecule has 0 fully saturated rings. The molecule has 0 aliphatic carbocycles. The maximum absolute atomic E-state index is 13.4. The summed E-state index contributed by atoms with van der Waals surface area (Å²) in [5.74, 6) is -1.07. The molecule has 19 heavy (non-hydrogen) atoms. The van der Waals surface area contributed by atoms with Gasteiger partial charge in [-0.3, -0.25) is 4.79 Å². The number of carbonyl (C=O) groups is 1. The Hall–Kier alpha value is -1.66. The van der Waals surface area contributed by atoms with E-state index in [0.29, 0.717) is 5.16 Å². The van der Waals surface area contributed by atoms with Crippen LogP contribution in [0.3, 0.4) is 0 Å². The molecule has 2 rings (SSSR count). The first-order valence-electron chi connectivity index (χ1n) is 5.24. The van der Waals surface area contributed by atoms with Crippen LogP contribution in [0, 0.1) is 5.82 Å². The molecule has 0 aliphatic rings. The van der Waals surface area contributed by atoms with Crippen LogP contribution >= 0.6 is 23.4 Å². The first kappa shape index (κ1) is 13.8. The van der Waals surface area contributed by atoms with Crippen LogP contribution in [-0.4, -0.2) is 22.1 Å². The lowest BCUT2D eigenvalue weighted by atomic mass is 10.2. The summed E-state index contributed by atoms with van der Waals surface area (Å²) in [6.07, 6.45) is 3.11. The molecular weight excluding hydrogens is 289 g/mol. The van der Waals surface area contributed by atoms with Crippen LogP contribution in [-0.2, 0) is 0 Å². The number of anilines is 1. The number of hydrogen-bond donors (Lipinski definition) is 1. The van der Waals surface area contributed by atoms with E-state index in [1.54, 1.807) is 12.3 Å². The number of benzene rings is 1. The van der Waals surface area contributed by atoms with Crippen LogP contribution in [0.15, 0.2) is 35.6 Å². The van der Waals surface area contributed by atoms with Gasteiger partial charge < -0.3 is 5.32 Å². The zero-order chi connectivity index (χ0) is 13.8. The number of carbonyl (C=O) groups excluding carboxylic acids is 1. The van der Waals surface area contributed by atoms with Crippen molar-refractivity contribution in [3.63, 3.8) is 0 Å². The van der Waals surface area contributed by atoms with E-state index >= 15 is 0 Å². The minimum Gasteiger partial charge on any atom is -0.319 e. The van der Waals surface area contributed by atoms with Gasteiger partial charge in [-0.15, -0.1) is 0 Å². The standard InChI is InChI=1S/C12H9ClFN3OS/c1-19-12-15-6-7(10(13)17-12)11(18)16-9-5-3-2-4-8(9)14/h2-6H,1H3,(H,16,18). The molecule has 1 N–H and O–H groups in total. The third-order valence-electron chi connectivity index (χ3n) is 2.27. The number of para-hydroxylation sites is 1. The summed E-state index contributed by atoms with van der Waals surface area (Å²) < 4.78 is 13.4. The molecule has 0 aliphatic heterocycles. The number of nitrogens with one attached hydrogen (secondary N) is 1. The van der Waals surface area contributed by atoms with Gasteiger partial charge in [0.15, 0.2) is 5.16 Å². The molecule has 1 amide bonds. The van der Waals surface area contributed by atoms with Gasteiger partial charge in [-0.05, 0) is 18.4 Å². The maximum atomic E-state index is 13.4. The van der Waals surface area contributed by atoms with E-state index in [9.17, 15) is 9.18 Å². The van der Waals surface area contributed by atoms with Gasteiger partial charge in [0.2, 0.25) is 0 Å². The molecule has 0 bridgehead atoms. The second-order valence-electron chi connectivity index (χ2n) is 3.50. The molecule has 1 aromatic carbocycles. The highest BCUT2D eigenvalue weighted by Gasteiger charge is 2.14. The van der Waals surface area contributed by atoms with E-state index in [4.69, 9.17) is 11.6 Å². The molecule has 1 heterocycles. The normalized spacial score (nSPS) is 10.3. The SMILES string of the molecule is CSc1ncc(C(=O)Nc2ccccc2F)c(Cl)n1. The van der Waals surface area contributed by atoms with Crippen LogP contribution in [0.2, 0.25) is 5.15 Å². The van der Waals surface area contributed by atoms with Crippen molar-refractivity contribution in [3.8, 4) is 0 Å². The van der Waals surface area contributed by atoms with Crippen LogP contribution in [0.25, 0.3) is 0 Å². The summed E-state index contributed by atoms with van der Waals surface area (Å²) in [5, 5.41) is 2.92. The van der Waals surface area contributed by atoms with E-state index in [1.165, 1.54) is 36.2 Å². The van der Waals surface area contributed by atoms with E-state index < -0.39 is 11.7 Å². The summed E-state index contributed by atoms with van der Waals surface area (Å²) in [6.45, 7) is 0. The summed E-state index contributed by atoms with van der Waals surface area (Å²) in [4.78, 5) is 19.8. The van der Waals surface area contributed by atoms with Gasteiger partial charge in [0, 0.05) is 6.20 Å². The number of rotatable bonds is 3. The summed E-state index contributed by atoms with van der Waals surface area (Å²) in [5.41, 5.74) is 0.181. The van der Waals surface area contributed by atoms with E-state index in [1.807, 2.05) is 0 Å². The van der Waals surface area contributed by atoms with Crippen molar-refractivity contribution in [1.82, 2.24) is 9.97 Å². The average Bonchev–Trinajstić information content (AvgIpc) is 2.41. The molecule has 7 heteroatoms. The molecule has 98 valence electrons. The predicted molar refractivity (Wildman–Crippen MR) is 73.2 cm³/mol. The van der Waals surface area contributed by atoms with Gasteiger partial charge in [0.05, 0.1) is 11.3 Å². The number of amides is 1. The lowest BCUT2D eigenvalue weighted by Crippen LogP contribution is -2.14. The van der Waals surface area contributed by atoms with Crippen LogP contribution in [0.4, 0.5) is 10.1 Å². The Labute approximate surface area is 118 Å². The molecule has 2 aromatic rings. The Kier molecular flexibility index (Phi) is 4.34. The second kappa shape index (κ2) is 5.99. The van der Waals surface area contributed by atoms with Gasteiger partial charge in [0.25, 0.3) is 5.91 Å². The number of halogens is 2. The monoisotopic (exact) mass is 297 g/mol. The molecule has 0 atom stereocenters.